The number of aromatic nitrogens is 2. The molecule has 0 unspecified atom stereocenters. The molecular weight excluding hydrogens is 230 g/mol. The SMILES string of the molecule is CCc1cccc2cnn(Br)c12.N. The molecule has 2 rings (SSSR count). The van der Waals surface area contributed by atoms with Gasteiger partial charge < -0.3 is 6.15 Å². The summed E-state index contributed by atoms with van der Waals surface area (Å²) in [5.41, 5.74) is 2.50. The van der Waals surface area contributed by atoms with Gasteiger partial charge in [0.2, 0.25) is 0 Å². The van der Waals surface area contributed by atoms with Crippen LogP contribution in [-0.4, -0.2) is 8.81 Å². The Labute approximate surface area is 85.7 Å². The average molecular weight is 242 g/mol. The van der Waals surface area contributed by atoms with Crippen LogP contribution in [0.4, 0.5) is 0 Å². The molecule has 70 valence electrons. The van der Waals surface area contributed by atoms with Crippen molar-refractivity contribution in [3.05, 3.63) is 30.0 Å². The fraction of sp³-hybridized carbons (Fsp3) is 0.222. The van der Waals surface area contributed by atoms with Crippen LogP contribution >= 0.6 is 16.1 Å². The molecule has 3 N–H and O–H groups in total. The molecule has 13 heavy (non-hydrogen) atoms. The zero-order valence-electron chi connectivity index (χ0n) is 7.50. The van der Waals surface area contributed by atoms with E-state index in [1.165, 1.54) is 16.5 Å². The maximum atomic E-state index is 4.14. The van der Waals surface area contributed by atoms with Gasteiger partial charge in [-0.3, -0.25) is 0 Å². The van der Waals surface area contributed by atoms with Gasteiger partial charge in [-0.05, 0) is 12.0 Å². The average Bonchev–Trinajstić information content (AvgIpc) is 2.48. The second kappa shape index (κ2) is 3.89. The lowest BCUT2D eigenvalue weighted by molar-refractivity contribution is 1.04. The van der Waals surface area contributed by atoms with Crippen molar-refractivity contribution in [1.29, 1.82) is 0 Å². The number of nitrogens with zero attached hydrogens (tertiary/aromatic N) is 2. The molecule has 0 amide bonds. The van der Waals surface area contributed by atoms with E-state index in [0.717, 1.165) is 6.42 Å². The molecule has 0 aliphatic carbocycles. The van der Waals surface area contributed by atoms with Crippen LogP contribution < -0.4 is 6.15 Å². The van der Waals surface area contributed by atoms with Crippen LogP contribution in [0.1, 0.15) is 12.5 Å². The molecule has 0 aliphatic rings. The third kappa shape index (κ3) is 1.59. The smallest absolute Gasteiger partial charge is 0.0844 e. The van der Waals surface area contributed by atoms with Crippen LogP contribution in [0.3, 0.4) is 0 Å². The third-order valence-electron chi connectivity index (χ3n) is 2.01. The van der Waals surface area contributed by atoms with Crippen molar-refractivity contribution in [3.63, 3.8) is 0 Å². The fourth-order valence-corrected chi connectivity index (χ4v) is 1.92. The minimum atomic E-state index is 0. The van der Waals surface area contributed by atoms with Gasteiger partial charge in [0.1, 0.15) is 0 Å². The van der Waals surface area contributed by atoms with Gasteiger partial charge >= 0.3 is 0 Å². The van der Waals surface area contributed by atoms with E-state index in [1.54, 1.807) is 3.71 Å². The highest BCUT2D eigenvalue weighted by Gasteiger charge is 2.03. The van der Waals surface area contributed by atoms with E-state index in [0.29, 0.717) is 0 Å². The molecule has 1 aromatic carbocycles. The number of hydrogen-bond donors (Lipinski definition) is 1. The highest BCUT2D eigenvalue weighted by atomic mass is 79.9. The van der Waals surface area contributed by atoms with Gasteiger partial charge in [0.05, 0.1) is 27.9 Å². The molecule has 3 nitrogen and oxygen atoms in total. The largest absolute Gasteiger partial charge is 0.344 e. The van der Waals surface area contributed by atoms with E-state index in [1.807, 2.05) is 6.20 Å². The topological polar surface area (TPSA) is 52.8 Å². The lowest BCUT2D eigenvalue weighted by atomic mass is 10.1. The zero-order valence-corrected chi connectivity index (χ0v) is 9.08. The lowest BCUT2D eigenvalue weighted by Gasteiger charge is -1.99. The summed E-state index contributed by atoms with van der Waals surface area (Å²) >= 11 is 3.36. The molecule has 0 saturated carbocycles. The predicted octanol–water partition coefficient (Wildman–Crippen LogP) is 2.92. The van der Waals surface area contributed by atoms with Crippen molar-refractivity contribution in [2.45, 2.75) is 13.3 Å². The third-order valence-corrected chi connectivity index (χ3v) is 2.55. The Morgan fingerprint density at radius 1 is 1.46 bits per heavy atom. The summed E-state index contributed by atoms with van der Waals surface area (Å²) in [5, 5.41) is 5.32. The first kappa shape index (κ1) is 10.2. The van der Waals surface area contributed by atoms with Crippen LogP contribution in [0.5, 0.6) is 0 Å². The molecule has 1 aromatic heterocycles. The number of halogens is 1. The first-order valence-electron chi connectivity index (χ1n) is 3.94. The number of hydrogen-bond acceptors (Lipinski definition) is 2. The molecule has 0 aliphatic heterocycles. The minimum Gasteiger partial charge on any atom is -0.344 e. The van der Waals surface area contributed by atoms with E-state index in [4.69, 9.17) is 0 Å². The molecule has 0 fully saturated rings. The molecule has 0 radical (unpaired) electrons. The van der Waals surface area contributed by atoms with Crippen molar-refractivity contribution in [2.75, 3.05) is 0 Å². The van der Waals surface area contributed by atoms with E-state index >= 15 is 0 Å². The van der Waals surface area contributed by atoms with Crippen LogP contribution in [0.25, 0.3) is 10.9 Å². The van der Waals surface area contributed by atoms with Crippen molar-refractivity contribution < 1.29 is 0 Å². The molecule has 0 spiro atoms. The molecule has 0 bridgehead atoms. The van der Waals surface area contributed by atoms with Crippen molar-refractivity contribution in [3.8, 4) is 0 Å². The Kier molecular flexibility index (Phi) is 3.06. The highest BCUT2D eigenvalue weighted by Crippen LogP contribution is 2.20. The number of para-hydroxylation sites is 1. The zero-order chi connectivity index (χ0) is 8.55. The van der Waals surface area contributed by atoms with Gasteiger partial charge in [-0.1, -0.05) is 25.1 Å². The standard InChI is InChI=1S/C9H9BrN2.H3N/c1-2-7-4-3-5-8-6-11-12(10)9(7)8;/h3-6H,2H2,1H3;1H3. The van der Waals surface area contributed by atoms with Crippen LogP contribution in [0.15, 0.2) is 24.4 Å². The molecule has 0 saturated heterocycles. The first-order chi connectivity index (χ1) is 5.83. The summed E-state index contributed by atoms with van der Waals surface area (Å²) in [4.78, 5) is 0. The predicted molar refractivity (Wildman–Crippen MR) is 58.5 cm³/mol. The second-order valence-corrected chi connectivity index (χ2v) is 3.39. The van der Waals surface area contributed by atoms with Gasteiger partial charge in [0.25, 0.3) is 0 Å². The minimum absolute atomic E-state index is 0. The Hall–Kier alpha value is -0.870. The summed E-state index contributed by atoms with van der Waals surface area (Å²) in [5.74, 6) is 0. The summed E-state index contributed by atoms with van der Waals surface area (Å²) in [6, 6.07) is 6.26. The van der Waals surface area contributed by atoms with E-state index in [9.17, 15) is 0 Å². The monoisotopic (exact) mass is 241 g/mol. The summed E-state index contributed by atoms with van der Waals surface area (Å²) in [6.45, 7) is 2.15. The molecule has 0 atom stereocenters. The number of benzene rings is 1. The number of rotatable bonds is 1. The Balaban J connectivity index is 0.000000845. The maximum absolute atomic E-state index is 4.14. The lowest BCUT2D eigenvalue weighted by Crippen LogP contribution is -1.86. The van der Waals surface area contributed by atoms with Crippen LogP contribution in [0.2, 0.25) is 0 Å². The normalized spacial score (nSPS) is 10.0. The Morgan fingerprint density at radius 3 is 2.92 bits per heavy atom. The summed E-state index contributed by atoms with van der Waals surface area (Å²) in [6.07, 6.45) is 2.90. The quantitative estimate of drug-likeness (QED) is 0.835. The van der Waals surface area contributed by atoms with E-state index < -0.39 is 0 Å². The summed E-state index contributed by atoms with van der Waals surface area (Å²) < 4.78 is 1.75. The van der Waals surface area contributed by atoms with Crippen molar-refractivity contribution in [2.24, 2.45) is 0 Å². The Morgan fingerprint density at radius 2 is 2.23 bits per heavy atom. The Bertz CT molecular complexity index is 408. The molecular formula is C9H12BrN3. The molecule has 1 heterocycles. The first-order valence-corrected chi connectivity index (χ1v) is 4.65. The van der Waals surface area contributed by atoms with Gasteiger partial charge in [-0.15, -0.1) is 0 Å². The number of fused-ring (bicyclic) bond motifs is 1. The van der Waals surface area contributed by atoms with Gasteiger partial charge in [-0.25, -0.2) is 0 Å². The maximum Gasteiger partial charge on any atom is 0.0844 e. The van der Waals surface area contributed by atoms with E-state index in [-0.39, 0.29) is 6.15 Å². The summed E-state index contributed by atoms with van der Waals surface area (Å²) in [7, 11) is 0. The van der Waals surface area contributed by atoms with Gasteiger partial charge in [-0.2, -0.15) is 8.81 Å². The van der Waals surface area contributed by atoms with Crippen molar-refractivity contribution >= 4 is 27.1 Å². The van der Waals surface area contributed by atoms with Gasteiger partial charge in [0, 0.05) is 5.39 Å². The van der Waals surface area contributed by atoms with Crippen LogP contribution in [0, 0.1) is 0 Å². The second-order valence-electron chi connectivity index (χ2n) is 2.71. The van der Waals surface area contributed by atoms with Gasteiger partial charge in [0.15, 0.2) is 0 Å². The number of aryl methyl sites for hydroxylation is 1. The molecule has 2 aromatic rings. The van der Waals surface area contributed by atoms with E-state index in [2.05, 4.69) is 46.4 Å². The highest BCUT2D eigenvalue weighted by molar-refractivity contribution is 9.08. The van der Waals surface area contributed by atoms with Crippen LogP contribution in [-0.2, 0) is 6.42 Å². The fourth-order valence-electron chi connectivity index (χ4n) is 1.40. The molecule has 4 heteroatoms. The van der Waals surface area contributed by atoms with Crippen molar-refractivity contribution in [1.82, 2.24) is 15.0 Å².